The second kappa shape index (κ2) is 12.0. The molecule has 0 aliphatic carbocycles. The van der Waals surface area contributed by atoms with Gasteiger partial charge in [0.05, 0.1) is 17.5 Å². The zero-order valence-electron chi connectivity index (χ0n) is 22.4. The molecular formula is C28H25N5O9. The summed E-state index contributed by atoms with van der Waals surface area (Å²) in [6, 6.07) is 16.3. The Kier molecular flexibility index (Phi) is 8.06. The van der Waals surface area contributed by atoms with Gasteiger partial charge in [-0.2, -0.15) is 4.98 Å². The molecule has 2 aromatic heterocycles. The highest BCUT2D eigenvalue weighted by molar-refractivity contribution is 5.90. The summed E-state index contributed by atoms with van der Waals surface area (Å²) in [4.78, 5) is 73.0. The Labute approximate surface area is 237 Å². The van der Waals surface area contributed by atoms with Gasteiger partial charge in [-0.1, -0.05) is 36.4 Å². The van der Waals surface area contributed by atoms with Gasteiger partial charge in [0.15, 0.2) is 29.6 Å². The number of H-pyrrole nitrogens is 1. The van der Waals surface area contributed by atoms with Crippen LogP contribution >= 0.6 is 0 Å². The molecule has 1 aliphatic heterocycles. The molecule has 0 saturated carbocycles. The van der Waals surface area contributed by atoms with E-state index in [4.69, 9.17) is 18.9 Å². The maximum absolute atomic E-state index is 13.2. The Morgan fingerprint density at radius 1 is 0.929 bits per heavy atom. The summed E-state index contributed by atoms with van der Waals surface area (Å²) in [5.74, 6) is -2.74. The van der Waals surface area contributed by atoms with Crippen molar-refractivity contribution >= 4 is 40.9 Å². The summed E-state index contributed by atoms with van der Waals surface area (Å²) < 4.78 is 24.3. The van der Waals surface area contributed by atoms with Gasteiger partial charge in [-0.05, 0) is 24.3 Å². The van der Waals surface area contributed by atoms with Crippen molar-refractivity contribution in [3.8, 4) is 0 Å². The van der Waals surface area contributed by atoms with Crippen molar-refractivity contribution in [1.29, 1.82) is 0 Å². The van der Waals surface area contributed by atoms with Crippen LogP contribution in [0.4, 0.5) is 5.95 Å². The lowest BCUT2D eigenvalue weighted by atomic mass is 10.1. The maximum Gasteiger partial charge on any atom is 0.338 e. The molecule has 5 rings (SSSR count). The maximum atomic E-state index is 13.2. The number of benzene rings is 2. The van der Waals surface area contributed by atoms with Gasteiger partial charge < -0.3 is 18.9 Å². The van der Waals surface area contributed by atoms with Crippen molar-refractivity contribution in [3.05, 3.63) is 88.5 Å². The Morgan fingerprint density at radius 2 is 1.57 bits per heavy atom. The lowest BCUT2D eigenvalue weighted by molar-refractivity contribution is -0.154. The number of aromatic amines is 1. The zero-order valence-corrected chi connectivity index (χ0v) is 22.4. The molecule has 42 heavy (non-hydrogen) atoms. The number of nitrogens with zero attached hydrogens (tertiary/aromatic N) is 3. The molecule has 216 valence electrons. The van der Waals surface area contributed by atoms with E-state index in [1.54, 1.807) is 60.7 Å². The van der Waals surface area contributed by atoms with Crippen molar-refractivity contribution in [1.82, 2.24) is 19.5 Å². The summed E-state index contributed by atoms with van der Waals surface area (Å²) in [5, 5.41) is 2.40. The normalized spacial score (nSPS) is 19.7. The van der Waals surface area contributed by atoms with Gasteiger partial charge in [-0.3, -0.25) is 29.3 Å². The lowest BCUT2D eigenvalue weighted by Crippen LogP contribution is -2.41. The molecule has 0 spiro atoms. The molecule has 4 atom stereocenters. The first-order valence-electron chi connectivity index (χ1n) is 12.8. The number of carbonyl (C=O) groups excluding carboxylic acids is 4. The van der Waals surface area contributed by atoms with E-state index < -0.39 is 53.9 Å². The third kappa shape index (κ3) is 6.02. The number of hydrogen-bond donors (Lipinski definition) is 2. The minimum absolute atomic E-state index is 0.0169. The Bertz CT molecular complexity index is 1690. The van der Waals surface area contributed by atoms with Crippen LogP contribution in [0.5, 0.6) is 0 Å². The zero-order chi connectivity index (χ0) is 29.8. The number of aromatic nitrogens is 4. The van der Waals surface area contributed by atoms with E-state index in [-0.39, 0.29) is 34.8 Å². The fraction of sp³-hybridized carbons (Fsp3) is 0.250. The van der Waals surface area contributed by atoms with E-state index in [2.05, 4.69) is 20.3 Å². The smallest absolute Gasteiger partial charge is 0.338 e. The average molecular weight is 576 g/mol. The standard InChI is InChI=1S/C28H25N5O9/c1-15(34)30-28-31-23-20(24(36)32-28)29-14-33(23)25-22(42-27(38)18-11-7-4-8-12-18)21(40-16(2)35)19(41-25)13-39-26(37)17-9-5-3-6-10-17/h3-12,14,19,21-22,25H,13H2,1-2H3,(H2,30,31,32,34,36)/t19-,21-,22+,25+/m1/s1. The molecule has 2 N–H and O–H groups in total. The highest BCUT2D eigenvalue weighted by Gasteiger charge is 2.51. The van der Waals surface area contributed by atoms with E-state index >= 15 is 0 Å². The van der Waals surface area contributed by atoms with Crippen LogP contribution in [-0.4, -0.2) is 68.3 Å². The molecule has 1 fully saturated rings. The van der Waals surface area contributed by atoms with Gasteiger partial charge in [-0.25, -0.2) is 14.6 Å². The minimum atomic E-state index is -1.30. The number of nitrogens with one attached hydrogen (secondary N) is 2. The van der Waals surface area contributed by atoms with Crippen molar-refractivity contribution < 1.29 is 38.1 Å². The third-order valence-corrected chi connectivity index (χ3v) is 6.23. The number of anilines is 1. The van der Waals surface area contributed by atoms with Gasteiger partial charge in [-0.15, -0.1) is 0 Å². The Hall–Kier alpha value is -5.37. The van der Waals surface area contributed by atoms with Crippen LogP contribution in [0.3, 0.4) is 0 Å². The topological polar surface area (TPSA) is 181 Å². The number of carbonyl (C=O) groups is 4. The Balaban J connectivity index is 1.53. The van der Waals surface area contributed by atoms with Crippen LogP contribution in [-0.2, 0) is 28.5 Å². The monoisotopic (exact) mass is 575 g/mol. The largest absolute Gasteiger partial charge is 0.459 e. The summed E-state index contributed by atoms with van der Waals surface area (Å²) >= 11 is 0. The SMILES string of the molecule is CC(=O)Nc1nc2c(ncn2[C@H]2O[C@H](COC(=O)c3ccccc3)[C@@H](OC(C)=O)[C@@H]2OC(=O)c2ccccc2)c(=O)[nH]1. The number of hydrogen-bond acceptors (Lipinski definition) is 11. The van der Waals surface area contributed by atoms with Gasteiger partial charge in [0, 0.05) is 13.8 Å². The molecule has 14 nitrogen and oxygen atoms in total. The molecule has 3 heterocycles. The van der Waals surface area contributed by atoms with Gasteiger partial charge >= 0.3 is 17.9 Å². The van der Waals surface area contributed by atoms with Crippen LogP contribution in [0.25, 0.3) is 11.2 Å². The van der Waals surface area contributed by atoms with Crippen LogP contribution in [0.1, 0.15) is 40.8 Å². The lowest BCUT2D eigenvalue weighted by Gasteiger charge is -2.24. The van der Waals surface area contributed by atoms with Gasteiger partial charge in [0.25, 0.3) is 5.56 Å². The van der Waals surface area contributed by atoms with E-state index in [0.717, 1.165) is 0 Å². The first kappa shape index (κ1) is 28.2. The number of rotatable bonds is 8. The molecule has 1 amide bonds. The highest BCUT2D eigenvalue weighted by Crippen LogP contribution is 2.36. The molecule has 14 heteroatoms. The van der Waals surface area contributed by atoms with Crippen molar-refractivity contribution in [3.63, 3.8) is 0 Å². The predicted molar refractivity (Wildman–Crippen MR) is 144 cm³/mol. The molecule has 4 aromatic rings. The molecule has 2 aromatic carbocycles. The van der Waals surface area contributed by atoms with Crippen molar-refractivity contribution in [2.24, 2.45) is 0 Å². The van der Waals surface area contributed by atoms with E-state index in [1.807, 2.05) is 0 Å². The predicted octanol–water partition coefficient (Wildman–Crippen LogP) is 1.99. The number of imidazole rings is 1. The highest BCUT2D eigenvalue weighted by atomic mass is 16.7. The van der Waals surface area contributed by atoms with Crippen LogP contribution in [0, 0.1) is 0 Å². The number of fused-ring (bicyclic) bond motifs is 1. The van der Waals surface area contributed by atoms with Crippen LogP contribution in [0.2, 0.25) is 0 Å². The molecule has 1 aliphatic rings. The molecule has 1 saturated heterocycles. The van der Waals surface area contributed by atoms with Crippen LogP contribution < -0.4 is 10.9 Å². The fourth-order valence-electron chi connectivity index (χ4n) is 4.45. The second-order valence-corrected chi connectivity index (χ2v) is 9.26. The number of esters is 3. The van der Waals surface area contributed by atoms with Crippen molar-refractivity contribution in [2.45, 2.75) is 38.4 Å². The van der Waals surface area contributed by atoms with E-state index in [0.29, 0.717) is 0 Å². The van der Waals surface area contributed by atoms with E-state index in [1.165, 1.54) is 24.7 Å². The minimum Gasteiger partial charge on any atom is -0.459 e. The number of ether oxygens (including phenoxy) is 4. The third-order valence-electron chi connectivity index (χ3n) is 6.23. The summed E-state index contributed by atoms with van der Waals surface area (Å²) in [7, 11) is 0. The van der Waals surface area contributed by atoms with Crippen molar-refractivity contribution in [2.75, 3.05) is 11.9 Å². The summed E-state index contributed by atoms with van der Waals surface area (Å²) in [6.45, 7) is 2.04. The van der Waals surface area contributed by atoms with E-state index in [9.17, 15) is 24.0 Å². The summed E-state index contributed by atoms with van der Waals surface area (Å²) in [5.41, 5.74) is -0.253. The van der Waals surface area contributed by atoms with Crippen LogP contribution in [0.15, 0.2) is 71.8 Å². The molecule has 0 unspecified atom stereocenters. The molecular weight excluding hydrogens is 550 g/mol. The quantitative estimate of drug-likeness (QED) is 0.232. The first-order valence-corrected chi connectivity index (χ1v) is 12.8. The second-order valence-electron chi connectivity index (χ2n) is 9.26. The molecule has 0 radical (unpaired) electrons. The average Bonchev–Trinajstić information content (AvgIpc) is 3.53. The van der Waals surface area contributed by atoms with Gasteiger partial charge in [0.1, 0.15) is 12.7 Å². The Morgan fingerprint density at radius 3 is 2.19 bits per heavy atom. The first-order chi connectivity index (χ1) is 20.2. The van der Waals surface area contributed by atoms with Gasteiger partial charge in [0.2, 0.25) is 11.9 Å². The summed E-state index contributed by atoms with van der Waals surface area (Å²) in [6.07, 6.45) is -3.65. The fourth-order valence-corrected chi connectivity index (χ4v) is 4.45. The number of amides is 1. The molecule has 0 bridgehead atoms.